The van der Waals surface area contributed by atoms with Gasteiger partial charge in [-0.15, -0.1) is 0 Å². The SMILES string of the molecule is CCNC(=O)[C@H](Cc1ccccc1)N(Cc1ccccc1)C(=O)CCc1ccc(CC)cc1. The molecule has 0 bridgehead atoms. The van der Waals surface area contributed by atoms with Gasteiger partial charge >= 0.3 is 0 Å². The van der Waals surface area contributed by atoms with E-state index >= 15 is 0 Å². The third-order valence-electron chi connectivity index (χ3n) is 5.88. The van der Waals surface area contributed by atoms with E-state index in [4.69, 9.17) is 0 Å². The molecule has 0 radical (unpaired) electrons. The number of rotatable bonds is 11. The number of carbonyl (C=O) groups excluding carboxylic acids is 2. The molecule has 1 atom stereocenters. The molecule has 172 valence electrons. The molecule has 33 heavy (non-hydrogen) atoms. The third kappa shape index (κ3) is 7.31. The molecule has 3 rings (SSSR count). The van der Waals surface area contributed by atoms with Gasteiger partial charge in [0.05, 0.1) is 0 Å². The maximum Gasteiger partial charge on any atom is 0.243 e. The van der Waals surface area contributed by atoms with Crippen molar-refractivity contribution >= 4 is 11.8 Å². The molecule has 3 aromatic rings. The zero-order valence-corrected chi connectivity index (χ0v) is 19.7. The molecule has 0 saturated carbocycles. The highest BCUT2D eigenvalue weighted by Gasteiger charge is 2.29. The Morgan fingerprint density at radius 2 is 1.33 bits per heavy atom. The lowest BCUT2D eigenvalue weighted by molar-refractivity contribution is -0.141. The number of hydrogen-bond donors (Lipinski definition) is 1. The zero-order chi connectivity index (χ0) is 23.5. The molecule has 0 aliphatic rings. The van der Waals surface area contributed by atoms with E-state index in [-0.39, 0.29) is 11.8 Å². The fraction of sp³-hybridized carbons (Fsp3) is 0.310. The van der Waals surface area contributed by atoms with Gasteiger partial charge in [0, 0.05) is 25.9 Å². The Bertz CT molecular complexity index is 1000. The summed E-state index contributed by atoms with van der Waals surface area (Å²) in [7, 11) is 0. The molecule has 0 fully saturated rings. The molecule has 0 unspecified atom stereocenters. The summed E-state index contributed by atoms with van der Waals surface area (Å²) in [6, 6.07) is 27.7. The first-order valence-electron chi connectivity index (χ1n) is 11.8. The Morgan fingerprint density at radius 3 is 1.91 bits per heavy atom. The first-order valence-corrected chi connectivity index (χ1v) is 11.8. The van der Waals surface area contributed by atoms with E-state index in [1.54, 1.807) is 4.90 Å². The summed E-state index contributed by atoms with van der Waals surface area (Å²) >= 11 is 0. The lowest BCUT2D eigenvalue weighted by atomic mass is 10.0. The van der Waals surface area contributed by atoms with Gasteiger partial charge in [-0.25, -0.2) is 0 Å². The van der Waals surface area contributed by atoms with Crippen LogP contribution in [0.5, 0.6) is 0 Å². The van der Waals surface area contributed by atoms with Crippen LogP contribution >= 0.6 is 0 Å². The van der Waals surface area contributed by atoms with Crippen molar-refractivity contribution in [2.45, 2.75) is 52.1 Å². The maximum absolute atomic E-state index is 13.5. The third-order valence-corrected chi connectivity index (χ3v) is 5.88. The van der Waals surface area contributed by atoms with E-state index in [0.717, 1.165) is 23.1 Å². The Hall–Kier alpha value is -3.40. The van der Waals surface area contributed by atoms with E-state index in [9.17, 15) is 9.59 Å². The fourth-order valence-corrected chi connectivity index (χ4v) is 3.96. The van der Waals surface area contributed by atoms with Gasteiger partial charge in [0.2, 0.25) is 11.8 Å². The first kappa shape index (κ1) is 24.2. The van der Waals surface area contributed by atoms with Crippen LogP contribution in [-0.4, -0.2) is 29.3 Å². The number of aryl methyl sites for hydroxylation is 2. The van der Waals surface area contributed by atoms with Gasteiger partial charge in [-0.3, -0.25) is 9.59 Å². The van der Waals surface area contributed by atoms with Crippen molar-refractivity contribution in [2.24, 2.45) is 0 Å². The summed E-state index contributed by atoms with van der Waals surface area (Å²) in [6.07, 6.45) is 2.50. The van der Waals surface area contributed by atoms with Crippen molar-refractivity contribution in [3.63, 3.8) is 0 Å². The largest absolute Gasteiger partial charge is 0.355 e. The summed E-state index contributed by atoms with van der Waals surface area (Å²) in [4.78, 5) is 28.4. The molecule has 0 saturated heterocycles. The second-order valence-corrected chi connectivity index (χ2v) is 8.28. The quantitative estimate of drug-likeness (QED) is 0.456. The van der Waals surface area contributed by atoms with Crippen LogP contribution in [0, 0.1) is 0 Å². The zero-order valence-electron chi connectivity index (χ0n) is 19.7. The lowest BCUT2D eigenvalue weighted by Gasteiger charge is -2.31. The number of amides is 2. The molecule has 0 aromatic heterocycles. The average molecular weight is 443 g/mol. The molecule has 3 aromatic carbocycles. The van der Waals surface area contributed by atoms with Crippen molar-refractivity contribution in [3.05, 3.63) is 107 Å². The van der Waals surface area contributed by atoms with Crippen LogP contribution in [0.2, 0.25) is 0 Å². The number of hydrogen-bond acceptors (Lipinski definition) is 2. The van der Waals surface area contributed by atoms with Crippen molar-refractivity contribution < 1.29 is 9.59 Å². The van der Waals surface area contributed by atoms with Gasteiger partial charge < -0.3 is 10.2 Å². The van der Waals surface area contributed by atoms with Gasteiger partial charge in [-0.2, -0.15) is 0 Å². The van der Waals surface area contributed by atoms with Crippen molar-refractivity contribution in [1.82, 2.24) is 10.2 Å². The summed E-state index contributed by atoms with van der Waals surface area (Å²) < 4.78 is 0. The van der Waals surface area contributed by atoms with Crippen molar-refractivity contribution in [2.75, 3.05) is 6.54 Å². The van der Waals surface area contributed by atoms with Crippen molar-refractivity contribution in [1.29, 1.82) is 0 Å². The van der Waals surface area contributed by atoms with Gasteiger partial charge in [-0.1, -0.05) is 91.9 Å². The first-order chi connectivity index (χ1) is 16.1. The van der Waals surface area contributed by atoms with Gasteiger partial charge in [0.1, 0.15) is 6.04 Å². The number of nitrogens with zero attached hydrogens (tertiary/aromatic N) is 1. The smallest absolute Gasteiger partial charge is 0.243 e. The molecule has 4 nitrogen and oxygen atoms in total. The Kier molecular flexibility index (Phi) is 9.25. The van der Waals surface area contributed by atoms with Crippen LogP contribution in [-0.2, 0) is 35.4 Å². The molecule has 0 aliphatic heterocycles. The minimum Gasteiger partial charge on any atom is -0.355 e. The molecular formula is C29H34N2O2. The fourth-order valence-electron chi connectivity index (χ4n) is 3.96. The molecular weight excluding hydrogens is 408 g/mol. The monoisotopic (exact) mass is 442 g/mol. The van der Waals surface area contributed by atoms with Crippen LogP contribution in [0.3, 0.4) is 0 Å². The van der Waals surface area contributed by atoms with Crippen LogP contribution in [0.25, 0.3) is 0 Å². The van der Waals surface area contributed by atoms with Crippen LogP contribution in [0.1, 0.15) is 42.5 Å². The van der Waals surface area contributed by atoms with E-state index in [0.29, 0.717) is 32.4 Å². The highest BCUT2D eigenvalue weighted by atomic mass is 16.2. The van der Waals surface area contributed by atoms with Gasteiger partial charge in [0.15, 0.2) is 0 Å². The highest BCUT2D eigenvalue weighted by molar-refractivity contribution is 5.88. The van der Waals surface area contributed by atoms with E-state index < -0.39 is 6.04 Å². The van der Waals surface area contributed by atoms with Crippen LogP contribution < -0.4 is 5.32 Å². The van der Waals surface area contributed by atoms with Crippen molar-refractivity contribution in [3.8, 4) is 0 Å². The minimum atomic E-state index is -0.567. The predicted octanol–water partition coefficient (Wildman–Crippen LogP) is 4.96. The van der Waals surface area contributed by atoms with E-state index in [1.165, 1.54) is 5.56 Å². The molecule has 4 heteroatoms. The summed E-state index contributed by atoms with van der Waals surface area (Å²) in [5.41, 5.74) is 4.48. The normalized spacial score (nSPS) is 11.6. The van der Waals surface area contributed by atoms with Crippen LogP contribution in [0.4, 0.5) is 0 Å². The Labute approximate surface area is 197 Å². The highest BCUT2D eigenvalue weighted by Crippen LogP contribution is 2.17. The minimum absolute atomic E-state index is 0.00870. The second kappa shape index (κ2) is 12.6. The summed E-state index contributed by atoms with van der Waals surface area (Å²) in [5, 5.41) is 2.94. The number of likely N-dealkylation sites (N-methyl/N-ethyl adjacent to an activating group) is 1. The van der Waals surface area contributed by atoms with Gasteiger partial charge in [0.25, 0.3) is 0 Å². The lowest BCUT2D eigenvalue weighted by Crippen LogP contribution is -2.50. The molecule has 0 aliphatic carbocycles. The predicted molar refractivity (Wildman–Crippen MR) is 134 cm³/mol. The second-order valence-electron chi connectivity index (χ2n) is 8.28. The maximum atomic E-state index is 13.5. The average Bonchev–Trinajstić information content (AvgIpc) is 2.86. The molecule has 1 N–H and O–H groups in total. The Balaban J connectivity index is 1.84. The van der Waals surface area contributed by atoms with E-state index in [1.807, 2.05) is 67.6 Å². The number of benzene rings is 3. The Morgan fingerprint density at radius 1 is 0.758 bits per heavy atom. The summed E-state index contributed by atoms with van der Waals surface area (Å²) in [6.45, 7) is 4.97. The van der Waals surface area contributed by atoms with Gasteiger partial charge in [-0.05, 0) is 42.0 Å². The van der Waals surface area contributed by atoms with E-state index in [2.05, 4.69) is 36.5 Å². The summed E-state index contributed by atoms with van der Waals surface area (Å²) in [5.74, 6) is -0.122. The topological polar surface area (TPSA) is 49.4 Å². The molecule has 0 heterocycles. The van der Waals surface area contributed by atoms with Crippen LogP contribution in [0.15, 0.2) is 84.9 Å². The standard InChI is InChI=1S/C29H34N2O2/c1-3-23-15-17-24(18-16-23)19-20-28(32)31(22-26-13-9-6-10-14-26)27(29(33)30-4-2)21-25-11-7-5-8-12-25/h5-18,27H,3-4,19-22H2,1-2H3,(H,30,33)/t27-/m0/s1. The molecule has 2 amide bonds. The number of nitrogens with one attached hydrogen (secondary N) is 1. The number of carbonyl (C=O) groups is 2. The molecule has 0 spiro atoms.